The molecule has 1 amide bonds. The maximum atomic E-state index is 12.5. The molecule has 2 bridgehead atoms. The van der Waals surface area contributed by atoms with Gasteiger partial charge in [0.15, 0.2) is 0 Å². The third-order valence-corrected chi connectivity index (χ3v) is 5.03. The van der Waals surface area contributed by atoms with Crippen LogP contribution in [-0.4, -0.2) is 34.8 Å². The molecule has 4 heteroatoms. The minimum atomic E-state index is -0.166. The molecule has 2 atom stereocenters. The van der Waals surface area contributed by atoms with Crippen LogP contribution in [0.3, 0.4) is 0 Å². The monoisotopic (exact) mass is 303 g/mol. The first-order chi connectivity index (χ1) is 10.8. The third kappa shape index (κ3) is 3.43. The first kappa shape index (κ1) is 15.3. The molecule has 22 heavy (non-hydrogen) atoms. The highest BCUT2D eigenvalue weighted by Crippen LogP contribution is 2.38. The summed E-state index contributed by atoms with van der Waals surface area (Å²) in [5.41, 5.74) is 1.02. The van der Waals surface area contributed by atoms with Gasteiger partial charge in [-0.3, -0.25) is 0 Å². The smallest absolute Gasteiger partial charge is 0.410 e. The molecule has 2 aliphatic heterocycles. The van der Waals surface area contributed by atoms with Gasteiger partial charge in [-0.05, 0) is 50.0 Å². The SMILES string of the molecule is O=C(OCc1ccccc1)N1C2CCCC1CC(CCO)C2. The zero-order valence-electron chi connectivity index (χ0n) is 13.0. The van der Waals surface area contributed by atoms with Gasteiger partial charge in [-0.1, -0.05) is 30.3 Å². The van der Waals surface area contributed by atoms with Gasteiger partial charge in [0.25, 0.3) is 0 Å². The average molecular weight is 303 g/mol. The molecule has 120 valence electrons. The Kier molecular flexibility index (Phi) is 4.98. The van der Waals surface area contributed by atoms with E-state index in [1.54, 1.807) is 0 Å². The topological polar surface area (TPSA) is 49.8 Å². The zero-order chi connectivity index (χ0) is 15.4. The number of aliphatic hydroxyl groups is 1. The molecule has 2 fully saturated rings. The summed E-state index contributed by atoms with van der Waals surface area (Å²) in [4.78, 5) is 14.5. The van der Waals surface area contributed by atoms with Gasteiger partial charge in [0.2, 0.25) is 0 Å². The van der Waals surface area contributed by atoms with Crippen LogP contribution in [0.4, 0.5) is 4.79 Å². The van der Waals surface area contributed by atoms with Crippen molar-refractivity contribution in [2.45, 2.75) is 57.2 Å². The number of nitrogens with zero attached hydrogens (tertiary/aromatic N) is 1. The van der Waals surface area contributed by atoms with E-state index >= 15 is 0 Å². The van der Waals surface area contributed by atoms with Crippen molar-refractivity contribution in [2.24, 2.45) is 5.92 Å². The summed E-state index contributed by atoms with van der Waals surface area (Å²) in [6.45, 7) is 0.595. The zero-order valence-corrected chi connectivity index (χ0v) is 13.0. The number of hydrogen-bond donors (Lipinski definition) is 1. The number of carbonyl (C=O) groups is 1. The number of benzene rings is 1. The molecule has 2 saturated heterocycles. The van der Waals surface area contributed by atoms with E-state index in [9.17, 15) is 4.79 Å². The van der Waals surface area contributed by atoms with E-state index in [0.717, 1.165) is 37.7 Å². The minimum absolute atomic E-state index is 0.166. The number of piperidine rings is 2. The van der Waals surface area contributed by atoms with Crippen LogP contribution in [0.2, 0.25) is 0 Å². The molecule has 0 radical (unpaired) electrons. The highest BCUT2D eigenvalue weighted by Gasteiger charge is 2.41. The molecule has 2 aliphatic rings. The molecular weight excluding hydrogens is 278 g/mol. The van der Waals surface area contributed by atoms with Gasteiger partial charge in [-0.2, -0.15) is 0 Å². The van der Waals surface area contributed by atoms with Crippen LogP contribution < -0.4 is 0 Å². The van der Waals surface area contributed by atoms with Gasteiger partial charge in [0.05, 0.1) is 0 Å². The van der Waals surface area contributed by atoms with Crippen molar-refractivity contribution < 1.29 is 14.6 Å². The largest absolute Gasteiger partial charge is 0.445 e. The van der Waals surface area contributed by atoms with Crippen LogP contribution in [0.15, 0.2) is 30.3 Å². The standard InChI is InChI=1S/C18H25NO3/c20-10-9-15-11-16-7-4-8-17(12-15)19(16)18(21)22-13-14-5-2-1-3-6-14/h1-3,5-6,15-17,20H,4,7-13H2. The van der Waals surface area contributed by atoms with Crippen LogP contribution in [0.1, 0.15) is 44.1 Å². The maximum Gasteiger partial charge on any atom is 0.410 e. The van der Waals surface area contributed by atoms with E-state index in [0.29, 0.717) is 24.6 Å². The molecular formula is C18H25NO3. The summed E-state index contributed by atoms with van der Waals surface area (Å²) >= 11 is 0. The van der Waals surface area contributed by atoms with Gasteiger partial charge in [-0.25, -0.2) is 4.79 Å². The Morgan fingerprint density at radius 3 is 2.50 bits per heavy atom. The fourth-order valence-electron chi connectivity index (χ4n) is 4.00. The number of hydrogen-bond acceptors (Lipinski definition) is 3. The predicted octanol–water partition coefficient (Wildman–Crippen LogP) is 3.34. The Bertz CT molecular complexity index is 476. The Labute approximate surface area is 132 Å². The lowest BCUT2D eigenvalue weighted by Gasteiger charge is -2.48. The van der Waals surface area contributed by atoms with Crippen molar-refractivity contribution in [3.63, 3.8) is 0 Å². The molecule has 4 nitrogen and oxygen atoms in total. The van der Waals surface area contributed by atoms with Crippen LogP contribution in [0.25, 0.3) is 0 Å². The van der Waals surface area contributed by atoms with Crippen molar-refractivity contribution in [3.8, 4) is 0 Å². The van der Waals surface area contributed by atoms with E-state index in [4.69, 9.17) is 9.84 Å². The van der Waals surface area contributed by atoms with Gasteiger partial charge in [0, 0.05) is 18.7 Å². The van der Waals surface area contributed by atoms with Crippen LogP contribution in [0.5, 0.6) is 0 Å². The normalized spacial score (nSPS) is 27.5. The Morgan fingerprint density at radius 1 is 1.18 bits per heavy atom. The van der Waals surface area contributed by atoms with Crippen molar-refractivity contribution >= 4 is 6.09 Å². The van der Waals surface area contributed by atoms with E-state index in [-0.39, 0.29) is 12.7 Å². The van der Waals surface area contributed by atoms with Crippen molar-refractivity contribution in [1.82, 2.24) is 4.90 Å². The Balaban J connectivity index is 1.60. The molecule has 1 aromatic rings. The Hall–Kier alpha value is -1.55. The highest BCUT2D eigenvalue weighted by atomic mass is 16.6. The highest BCUT2D eigenvalue weighted by molar-refractivity contribution is 5.69. The number of aliphatic hydroxyl groups excluding tert-OH is 1. The lowest BCUT2D eigenvalue weighted by atomic mass is 9.77. The summed E-state index contributed by atoms with van der Waals surface area (Å²) in [7, 11) is 0. The fourth-order valence-corrected chi connectivity index (χ4v) is 4.00. The van der Waals surface area contributed by atoms with Crippen molar-refractivity contribution in [2.75, 3.05) is 6.61 Å². The number of ether oxygens (including phenoxy) is 1. The summed E-state index contributed by atoms with van der Waals surface area (Å²) in [6, 6.07) is 10.4. The van der Waals surface area contributed by atoms with E-state index in [1.165, 1.54) is 6.42 Å². The second-order valence-electron chi connectivity index (χ2n) is 6.54. The second kappa shape index (κ2) is 7.14. The molecule has 0 aliphatic carbocycles. The molecule has 1 aromatic carbocycles. The number of carbonyl (C=O) groups excluding carboxylic acids is 1. The van der Waals surface area contributed by atoms with Gasteiger partial charge in [-0.15, -0.1) is 0 Å². The molecule has 2 heterocycles. The van der Waals surface area contributed by atoms with Gasteiger partial charge in [0.1, 0.15) is 6.61 Å². The lowest BCUT2D eigenvalue weighted by Crippen LogP contribution is -2.54. The quantitative estimate of drug-likeness (QED) is 0.928. The van der Waals surface area contributed by atoms with E-state index < -0.39 is 0 Å². The predicted molar refractivity (Wildman–Crippen MR) is 84.3 cm³/mol. The maximum absolute atomic E-state index is 12.5. The molecule has 2 unspecified atom stereocenters. The van der Waals surface area contributed by atoms with Crippen LogP contribution in [0, 0.1) is 5.92 Å². The summed E-state index contributed by atoms with van der Waals surface area (Å²) in [6.07, 6.45) is 6.05. The molecule has 0 aromatic heterocycles. The second-order valence-corrected chi connectivity index (χ2v) is 6.54. The van der Waals surface area contributed by atoms with E-state index in [2.05, 4.69) is 0 Å². The van der Waals surface area contributed by atoms with Crippen molar-refractivity contribution in [3.05, 3.63) is 35.9 Å². The lowest BCUT2D eigenvalue weighted by molar-refractivity contribution is -0.000396. The van der Waals surface area contributed by atoms with Gasteiger partial charge < -0.3 is 14.7 Å². The minimum Gasteiger partial charge on any atom is -0.445 e. The number of amides is 1. The summed E-state index contributed by atoms with van der Waals surface area (Å²) in [5, 5.41) is 9.16. The number of fused-ring (bicyclic) bond motifs is 2. The van der Waals surface area contributed by atoms with Gasteiger partial charge >= 0.3 is 6.09 Å². The summed E-state index contributed by atoms with van der Waals surface area (Å²) in [5.74, 6) is 0.554. The number of rotatable bonds is 4. The first-order valence-electron chi connectivity index (χ1n) is 8.38. The van der Waals surface area contributed by atoms with E-state index in [1.807, 2.05) is 35.2 Å². The van der Waals surface area contributed by atoms with Crippen LogP contribution >= 0.6 is 0 Å². The Morgan fingerprint density at radius 2 is 1.86 bits per heavy atom. The average Bonchev–Trinajstić information content (AvgIpc) is 2.53. The van der Waals surface area contributed by atoms with Crippen molar-refractivity contribution in [1.29, 1.82) is 0 Å². The summed E-state index contributed by atoms with van der Waals surface area (Å²) < 4.78 is 5.54. The third-order valence-electron chi connectivity index (χ3n) is 5.03. The molecule has 3 rings (SSSR count). The first-order valence-corrected chi connectivity index (χ1v) is 8.38. The molecule has 0 saturated carbocycles. The molecule has 1 N–H and O–H groups in total. The fraction of sp³-hybridized carbons (Fsp3) is 0.611. The molecule has 0 spiro atoms. The van der Waals surface area contributed by atoms with Crippen LogP contribution in [-0.2, 0) is 11.3 Å².